The van der Waals surface area contributed by atoms with Crippen LogP contribution in [0.2, 0.25) is 0 Å². The SMILES string of the molecule is O=C(CCC(=O)c1ccc(Oc2ccccc2)cc1)Nc1cccc(CCC2N=NC(=O)C3=C2CCCC3)c1. The summed E-state index contributed by atoms with van der Waals surface area (Å²) in [7, 11) is 0. The molecule has 0 saturated heterocycles. The van der Waals surface area contributed by atoms with Crippen molar-refractivity contribution < 1.29 is 19.1 Å². The molecule has 0 spiro atoms. The first-order chi connectivity index (χ1) is 19.0. The number of para-hydroxylation sites is 1. The lowest BCUT2D eigenvalue weighted by Crippen LogP contribution is -2.22. The molecule has 2 aliphatic rings. The number of carbonyl (C=O) groups excluding carboxylic acids is 3. The number of carbonyl (C=O) groups is 3. The van der Waals surface area contributed by atoms with Crippen molar-refractivity contribution in [2.24, 2.45) is 10.2 Å². The highest BCUT2D eigenvalue weighted by atomic mass is 16.5. The quantitative estimate of drug-likeness (QED) is 0.284. The lowest BCUT2D eigenvalue weighted by Gasteiger charge is -2.25. The number of ether oxygens (including phenoxy) is 1. The van der Waals surface area contributed by atoms with Gasteiger partial charge in [-0.2, -0.15) is 5.11 Å². The molecule has 3 aromatic rings. The summed E-state index contributed by atoms with van der Waals surface area (Å²) in [6.07, 6.45) is 5.61. The third-order valence-corrected chi connectivity index (χ3v) is 7.11. The van der Waals surface area contributed by atoms with Crippen LogP contribution in [-0.4, -0.2) is 23.6 Å². The Hall–Kier alpha value is -4.39. The van der Waals surface area contributed by atoms with Gasteiger partial charge in [0.15, 0.2) is 5.78 Å². The predicted molar refractivity (Wildman–Crippen MR) is 149 cm³/mol. The van der Waals surface area contributed by atoms with Gasteiger partial charge in [0.05, 0.1) is 6.04 Å². The van der Waals surface area contributed by atoms with Gasteiger partial charge in [0.2, 0.25) is 5.91 Å². The number of hydrogen-bond acceptors (Lipinski definition) is 5. The summed E-state index contributed by atoms with van der Waals surface area (Å²) < 4.78 is 5.77. The van der Waals surface area contributed by atoms with Crippen molar-refractivity contribution in [2.75, 3.05) is 5.32 Å². The van der Waals surface area contributed by atoms with Crippen molar-refractivity contribution in [3.8, 4) is 11.5 Å². The largest absolute Gasteiger partial charge is 0.457 e. The van der Waals surface area contributed by atoms with Crippen molar-refractivity contribution in [2.45, 2.75) is 57.4 Å². The van der Waals surface area contributed by atoms with Gasteiger partial charge in [0.1, 0.15) is 11.5 Å². The van der Waals surface area contributed by atoms with Crippen LogP contribution in [0.3, 0.4) is 0 Å². The fourth-order valence-electron chi connectivity index (χ4n) is 5.06. The number of Topliss-reactive ketones (excluding diaryl/α,β-unsaturated/α-hetero) is 1. The lowest BCUT2D eigenvalue weighted by atomic mass is 9.84. The van der Waals surface area contributed by atoms with E-state index in [9.17, 15) is 14.4 Å². The standard InChI is InChI=1S/C32H31N3O4/c36-30(23-14-16-26(17-15-23)39-25-9-2-1-3-10-25)19-20-31(37)33-24-8-6-7-22(21-24)13-18-29-27-11-4-5-12-28(27)32(38)35-34-29/h1-3,6-10,14-17,21,29H,4-5,11-13,18-20H2,(H,33,37). The Bertz CT molecular complexity index is 1410. The van der Waals surface area contributed by atoms with E-state index in [1.54, 1.807) is 24.3 Å². The van der Waals surface area contributed by atoms with Crippen molar-refractivity contribution in [1.29, 1.82) is 0 Å². The van der Waals surface area contributed by atoms with Gasteiger partial charge in [-0.3, -0.25) is 14.4 Å². The fourth-order valence-corrected chi connectivity index (χ4v) is 5.06. The summed E-state index contributed by atoms with van der Waals surface area (Å²) in [6.45, 7) is 0. The van der Waals surface area contributed by atoms with Crippen LogP contribution in [0, 0.1) is 0 Å². The second-order valence-corrected chi connectivity index (χ2v) is 9.90. The molecule has 39 heavy (non-hydrogen) atoms. The van der Waals surface area contributed by atoms with E-state index in [1.165, 1.54) is 0 Å². The van der Waals surface area contributed by atoms with Crippen LogP contribution in [0.25, 0.3) is 0 Å². The molecule has 1 N–H and O–H groups in total. The summed E-state index contributed by atoms with van der Waals surface area (Å²) >= 11 is 0. The van der Waals surface area contributed by atoms with Crippen LogP contribution >= 0.6 is 0 Å². The molecule has 1 atom stereocenters. The van der Waals surface area contributed by atoms with E-state index >= 15 is 0 Å². The number of hydrogen-bond donors (Lipinski definition) is 1. The summed E-state index contributed by atoms with van der Waals surface area (Å²) in [5, 5.41) is 11.1. The minimum Gasteiger partial charge on any atom is -0.457 e. The zero-order valence-corrected chi connectivity index (χ0v) is 21.8. The van der Waals surface area contributed by atoms with E-state index in [-0.39, 0.29) is 36.5 Å². The number of nitrogens with zero attached hydrogens (tertiary/aromatic N) is 2. The van der Waals surface area contributed by atoms with Crippen molar-refractivity contribution in [3.05, 3.63) is 101 Å². The highest BCUT2D eigenvalue weighted by Gasteiger charge is 2.28. The molecule has 198 valence electrons. The predicted octanol–water partition coefficient (Wildman–Crippen LogP) is 7.24. The van der Waals surface area contributed by atoms with E-state index in [1.807, 2.05) is 54.6 Å². The maximum absolute atomic E-state index is 12.6. The van der Waals surface area contributed by atoms with E-state index in [0.29, 0.717) is 17.0 Å². The molecule has 1 unspecified atom stereocenters. The summed E-state index contributed by atoms with van der Waals surface area (Å²) in [6, 6.07) is 24.1. The minimum atomic E-state index is -0.207. The van der Waals surface area contributed by atoms with Crippen LogP contribution in [0.5, 0.6) is 11.5 Å². The van der Waals surface area contributed by atoms with Crippen LogP contribution in [0.1, 0.15) is 60.9 Å². The molecule has 5 rings (SSSR count). The molecule has 1 heterocycles. The summed E-state index contributed by atoms with van der Waals surface area (Å²) in [5.74, 6) is 0.899. The van der Waals surface area contributed by atoms with Gasteiger partial charge < -0.3 is 10.1 Å². The van der Waals surface area contributed by atoms with Crippen molar-refractivity contribution in [3.63, 3.8) is 0 Å². The molecule has 1 aliphatic carbocycles. The number of aryl methyl sites for hydroxylation is 1. The molecular weight excluding hydrogens is 490 g/mol. The van der Waals surface area contributed by atoms with Gasteiger partial charge in [-0.25, -0.2) is 0 Å². The van der Waals surface area contributed by atoms with Gasteiger partial charge in [-0.1, -0.05) is 30.3 Å². The van der Waals surface area contributed by atoms with Crippen LogP contribution in [-0.2, 0) is 16.0 Å². The van der Waals surface area contributed by atoms with Gasteiger partial charge in [-0.05, 0) is 98.2 Å². The molecule has 3 aromatic carbocycles. The Morgan fingerprint density at radius 3 is 2.46 bits per heavy atom. The topological polar surface area (TPSA) is 97.2 Å². The third kappa shape index (κ3) is 6.93. The second-order valence-electron chi connectivity index (χ2n) is 9.90. The van der Waals surface area contributed by atoms with Crippen molar-refractivity contribution >= 4 is 23.3 Å². The molecule has 0 radical (unpaired) electrons. The van der Waals surface area contributed by atoms with Gasteiger partial charge in [0.25, 0.3) is 5.91 Å². The molecule has 0 bridgehead atoms. The smallest absolute Gasteiger partial charge is 0.291 e. The number of azo groups is 1. The van der Waals surface area contributed by atoms with Crippen molar-refractivity contribution in [1.82, 2.24) is 0 Å². The summed E-state index contributed by atoms with van der Waals surface area (Å²) in [4.78, 5) is 37.2. The van der Waals surface area contributed by atoms with E-state index in [2.05, 4.69) is 15.5 Å². The number of nitrogens with one attached hydrogen (secondary N) is 1. The number of amides is 2. The molecule has 0 fully saturated rings. The first-order valence-electron chi connectivity index (χ1n) is 13.5. The van der Waals surface area contributed by atoms with E-state index in [4.69, 9.17) is 4.74 Å². The Morgan fingerprint density at radius 1 is 0.872 bits per heavy atom. The second kappa shape index (κ2) is 12.4. The Morgan fingerprint density at radius 2 is 1.64 bits per heavy atom. The third-order valence-electron chi connectivity index (χ3n) is 7.11. The van der Waals surface area contributed by atoms with Gasteiger partial charge in [-0.15, -0.1) is 5.11 Å². The molecular formula is C32H31N3O4. The minimum absolute atomic E-state index is 0.0405. The monoisotopic (exact) mass is 521 g/mol. The lowest BCUT2D eigenvalue weighted by molar-refractivity contribution is -0.116. The highest BCUT2D eigenvalue weighted by Crippen LogP contribution is 2.34. The first-order valence-corrected chi connectivity index (χ1v) is 13.5. The maximum atomic E-state index is 12.6. The average molecular weight is 522 g/mol. The summed E-state index contributed by atoms with van der Waals surface area (Å²) in [5.41, 5.74) is 4.35. The zero-order valence-electron chi connectivity index (χ0n) is 21.8. The molecule has 0 saturated carbocycles. The van der Waals surface area contributed by atoms with Crippen LogP contribution < -0.4 is 10.1 Å². The number of ketones is 1. The Balaban J connectivity index is 1.10. The van der Waals surface area contributed by atoms with Crippen LogP contribution in [0.15, 0.2) is 100 Å². The fraction of sp³-hybridized carbons (Fsp3) is 0.281. The van der Waals surface area contributed by atoms with E-state index < -0.39 is 0 Å². The zero-order chi connectivity index (χ0) is 27.0. The Labute approximate surface area is 228 Å². The number of anilines is 1. The van der Waals surface area contributed by atoms with Gasteiger partial charge >= 0.3 is 0 Å². The highest BCUT2D eigenvalue weighted by molar-refractivity contribution is 6.00. The van der Waals surface area contributed by atoms with E-state index in [0.717, 1.165) is 61.0 Å². The molecule has 1 aliphatic heterocycles. The number of rotatable bonds is 10. The Kier molecular flexibility index (Phi) is 8.36. The molecule has 0 aromatic heterocycles. The number of benzene rings is 3. The van der Waals surface area contributed by atoms with Gasteiger partial charge in [0, 0.05) is 29.7 Å². The first kappa shape index (κ1) is 26.2. The molecule has 7 nitrogen and oxygen atoms in total. The molecule has 2 amide bonds. The molecule has 7 heteroatoms. The normalized spacial score (nSPS) is 16.5. The average Bonchev–Trinajstić information content (AvgIpc) is 2.97. The maximum Gasteiger partial charge on any atom is 0.291 e. The van der Waals surface area contributed by atoms with Crippen LogP contribution in [0.4, 0.5) is 5.69 Å².